The number of guanidine groups is 1. The predicted octanol–water partition coefficient (Wildman–Crippen LogP) is 0.825. The molecule has 0 spiro atoms. The van der Waals surface area contributed by atoms with Crippen molar-refractivity contribution in [1.82, 2.24) is 20.4 Å². The highest BCUT2D eigenvalue weighted by Crippen LogP contribution is 2.33. The third-order valence-electron chi connectivity index (χ3n) is 5.03. The minimum absolute atomic E-state index is 0.549. The zero-order valence-electron chi connectivity index (χ0n) is 14.1. The van der Waals surface area contributed by atoms with Gasteiger partial charge in [0.15, 0.2) is 5.96 Å². The molecule has 3 fully saturated rings. The van der Waals surface area contributed by atoms with Crippen molar-refractivity contribution in [2.24, 2.45) is 4.99 Å². The summed E-state index contributed by atoms with van der Waals surface area (Å²) in [5.74, 6) is 3.54. The Kier molecular flexibility index (Phi) is 5.88. The topological polar surface area (TPSA) is 42.9 Å². The summed E-state index contributed by atoms with van der Waals surface area (Å²) in [6.07, 6.45) is 4.04. The highest BCUT2D eigenvalue weighted by atomic mass is 32.2. The molecule has 6 heteroatoms. The Morgan fingerprint density at radius 2 is 2.05 bits per heavy atom. The van der Waals surface area contributed by atoms with Crippen molar-refractivity contribution in [3.05, 3.63) is 0 Å². The summed E-state index contributed by atoms with van der Waals surface area (Å²) in [4.78, 5) is 9.62. The van der Waals surface area contributed by atoms with Crippen molar-refractivity contribution in [2.45, 2.75) is 44.3 Å². The van der Waals surface area contributed by atoms with Crippen LogP contribution in [0.3, 0.4) is 0 Å². The molecule has 1 aliphatic carbocycles. The van der Waals surface area contributed by atoms with E-state index in [0.29, 0.717) is 12.1 Å². The Bertz CT molecular complexity index is 379. The Labute approximate surface area is 139 Å². The van der Waals surface area contributed by atoms with Crippen LogP contribution < -0.4 is 10.6 Å². The molecule has 0 aromatic rings. The molecule has 2 unspecified atom stereocenters. The van der Waals surface area contributed by atoms with Crippen molar-refractivity contribution in [2.75, 3.05) is 51.3 Å². The van der Waals surface area contributed by atoms with Gasteiger partial charge in [-0.3, -0.25) is 14.8 Å². The summed E-state index contributed by atoms with van der Waals surface area (Å²) in [7, 11) is 1.88. The second kappa shape index (κ2) is 7.88. The molecule has 3 rings (SSSR count). The number of rotatable bonds is 5. The van der Waals surface area contributed by atoms with E-state index in [4.69, 9.17) is 0 Å². The normalized spacial score (nSPS) is 31.5. The van der Waals surface area contributed by atoms with E-state index in [1.807, 2.05) is 7.05 Å². The molecule has 0 aromatic heterocycles. The van der Waals surface area contributed by atoms with Crippen LogP contribution in [0.4, 0.5) is 0 Å². The third-order valence-corrected chi connectivity index (χ3v) is 5.97. The molecule has 0 amide bonds. The largest absolute Gasteiger partial charge is 0.355 e. The van der Waals surface area contributed by atoms with Gasteiger partial charge in [-0.25, -0.2) is 0 Å². The third kappa shape index (κ3) is 4.52. The Hall–Kier alpha value is -0.460. The fourth-order valence-corrected chi connectivity index (χ4v) is 4.60. The van der Waals surface area contributed by atoms with Crippen molar-refractivity contribution in [1.29, 1.82) is 0 Å². The average Bonchev–Trinajstić information content (AvgIpc) is 3.31. The van der Waals surface area contributed by atoms with Crippen molar-refractivity contribution >= 4 is 17.7 Å². The van der Waals surface area contributed by atoms with E-state index in [1.165, 1.54) is 50.4 Å². The summed E-state index contributed by atoms with van der Waals surface area (Å²) in [5.41, 5.74) is 0. The molecule has 2 aliphatic heterocycles. The lowest BCUT2D eigenvalue weighted by atomic mass is 10.2. The molecule has 22 heavy (non-hydrogen) atoms. The summed E-state index contributed by atoms with van der Waals surface area (Å²) in [6.45, 7) is 8.11. The zero-order chi connectivity index (χ0) is 15.4. The van der Waals surface area contributed by atoms with Crippen LogP contribution in [0, 0.1) is 0 Å². The lowest BCUT2D eigenvalue weighted by molar-refractivity contribution is 0.256. The van der Waals surface area contributed by atoms with Crippen LogP contribution in [0.1, 0.15) is 26.2 Å². The lowest BCUT2D eigenvalue weighted by Gasteiger charge is -2.26. The minimum Gasteiger partial charge on any atom is -0.355 e. The molecule has 126 valence electrons. The fraction of sp³-hybridized carbons (Fsp3) is 0.938. The molecular weight excluding hydrogens is 294 g/mol. The van der Waals surface area contributed by atoms with Crippen LogP contribution in [0.15, 0.2) is 4.99 Å². The quantitative estimate of drug-likeness (QED) is 0.579. The maximum Gasteiger partial charge on any atom is 0.191 e. The predicted molar refractivity (Wildman–Crippen MR) is 95.9 cm³/mol. The first-order chi connectivity index (χ1) is 10.8. The van der Waals surface area contributed by atoms with Crippen LogP contribution in [0.2, 0.25) is 0 Å². The summed E-state index contributed by atoms with van der Waals surface area (Å²) in [5, 5.41) is 7.11. The number of hydrogen-bond donors (Lipinski definition) is 2. The van der Waals surface area contributed by atoms with Gasteiger partial charge in [-0.2, -0.15) is 11.8 Å². The van der Waals surface area contributed by atoms with Gasteiger partial charge in [-0.15, -0.1) is 0 Å². The van der Waals surface area contributed by atoms with Gasteiger partial charge in [0.1, 0.15) is 0 Å². The number of nitrogens with zero attached hydrogens (tertiary/aromatic N) is 3. The van der Waals surface area contributed by atoms with Gasteiger partial charge in [-0.05, 0) is 26.2 Å². The first-order valence-electron chi connectivity index (χ1n) is 8.79. The molecule has 2 atom stereocenters. The molecule has 0 radical (unpaired) electrons. The van der Waals surface area contributed by atoms with E-state index in [2.05, 4.69) is 44.1 Å². The maximum atomic E-state index is 4.40. The van der Waals surface area contributed by atoms with Gasteiger partial charge in [0.05, 0.1) is 0 Å². The molecule has 0 bridgehead atoms. The molecular formula is C16H31N5S. The number of hydrogen-bond acceptors (Lipinski definition) is 4. The SMILES string of the molecule is CN=C(NCCN1CCSCC1)NC1CC(C)N(C2CC2)C1. The number of nitrogens with one attached hydrogen (secondary N) is 2. The summed E-state index contributed by atoms with van der Waals surface area (Å²) < 4.78 is 0. The lowest BCUT2D eigenvalue weighted by Crippen LogP contribution is -2.47. The van der Waals surface area contributed by atoms with Crippen molar-refractivity contribution in [3.8, 4) is 0 Å². The Balaban J connectivity index is 1.36. The monoisotopic (exact) mass is 325 g/mol. The maximum absolute atomic E-state index is 4.40. The zero-order valence-corrected chi connectivity index (χ0v) is 14.9. The molecule has 2 saturated heterocycles. The van der Waals surface area contributed by atoms with Crippen LogP contribution in [-0.4, -0.2) is 85.2 Å². The Morgan fingerprint density at radius 3 is 2.73 bits per heavy atom. The average molecular weight is 326 g/mol. The van der Waals surface area contributed by atoms with Crippen LogP contribution in [-0.2, 0) is 0 Å². The van der Waals surface area contributed by atoms with Crippen LogP contribution in [0.5, 0.6) is 0 Å². The first-order valence-corrected chi connectivity index (χ1v) is 9.95. The molecule has 1 saturated carbocycles. The van der Waals surface area contributed by atoms with Gasteiger partial charge >= 0.3 is 0 Å². The van der Waals surface area contributed by atoms with E-state index >= 15 is 0 Å². The van der Waals surface area contributed by atoms with E-state index in [-0.39, 0.29) is 0 Å². The van der Waals surface area contributed by atoms with Gasteiger partial charge in [-0.1, -0.05) is 0 Å². The van der Waals surface area contributed by atoms with E-state index < -0.39 is 0 Å². The van der Waals surface area contributed by atoms with Crippen LogP contribution >= 0.6 is 11.8 Å². The first kappa shape index (κ1) is 16.4. The van der Waals surface area contributed by atoms with E-state index in [1.54, 1.807) is 0 Å². The van der Waals surface area contributed by atoms with Crippen molar-refractivity contribution < 1.29 is 0 Å². The van der Waals surface area contributed by atoms with Gasteiger partial charge in [0.25, 0.3) is 0 Å². The number of thioether (sulfide) groups is 1. The summed E-state index contributed by atoms with van der Waals surface area (Å²) in [6, 6.07) is 2.14. The highest BCUT2D eigenvalue weighted by molar-refractivity contribution is 7.99. The van der Waals surface area contributed by atoms with Gasteiger partial charge < -0.3 is 10.6 Å². The van der Waals surface area contributed by atoms with E-state index in [0.717, 1.165) is 25.1 Å². The molecule has 2 N–H and O–H groups in total. The standard InChI is InChI=1S/C16H31N5S/c1-13-11-14(12-21(13)15-3-4-15)19-16(17-2)18-5-6-20-7-9-22-10-8-20/h13-15H,3-12H2,1-2H3,(H2,17,18,19). The van der Waals surface area contributed by atoms with Gasteiger partial charge in [0.2, 0.25) is 0 Å². The van der Waals surface area contributed by atoms with Gasteiger partial charge in [0, 0.05) is 69.4 Å². The second-order valence-corrected chi connectivity index (χ2v) is 8.03. The second-order valence-electron chi connectivity index (χ2n) is 6.81. The summed E-state index contributed by atoms with van der Waals surface area (Å²) >= 11 is 2.07. The number of aliphatic imine (C=N–C) groups is 1. The highest BCUT2D eigenvalue weighted by Gasteiger charge is 2.38. The van der Waals surface area contributed by atoms with Crippen molar-refractivity contribution in [3.63, 3.8) is 0 Å². The molecule has 0 aromatic carbocycles. The molecule has 5 nitrogen and oxygen atoms in total. The van der Waals surface area contributed by atoms with E-state index in [9.17, 15) is 0 Å². The van der Waals surface area contributed by atoms with Crippen LogP contribution in [0.25, 0.3) is 0 Å². The fourth-order valence-electron chi connectivity index (χ4n) is 3.62. The minimum atomic E-state index is 0.549. The smallest absolute Gasteiger partial charge is 0.191 e. The Morgan fingerprint density at radius 1 is 1.27 bits per heavy atom. The molecule has 2 heterocycles. The number of likely N-dealkylation sites (tertiary alicyclic amines) is 1. The molecule has 3 aliphatic rings.